The van der Waals surface area contributed by atoms with Gasteiger partial charge in [0.2, 0.25) is 0 Å². The van der Waals surface area contributed by atoms with E-state index in [1.165, 1.54) is 70.6 Å². The molecule has 182 valence electrons. The molecule has 1 aliphatic heterocycles. The molecule has 0 amide bonds. The first kappa shape index (κ1) is 22.4. The zero-order valence-corrected chi connectivity index (χ0v) is 21.9. The molecule has 0 radical (unpaired) electrons. The smallest absolute Gasteiger partial charge is 0.0915 e. The minimum Gasteiger partial charge on any atom is -0.393 e. The second kappa shape index (κ2) is 6.57. The number of fused-ring (bicyclic) bond motifs is 5. The van der Waals surface area contributed by atoms with Crippen LogP contribution in [0.3, 0.4) is 0 Å². The Balaban J connectivity index is 1.38. The highest BCUT2D eigenvalue weighted by Gasteiger charge is 2.73. The lowest BCUT2D eigenvalue weighted by atomic mass is 9.31. The van der Waals surface area contributed by atoms with Crippen LogP contribution < -0.4 is 0 Å². The molecule has 2 nitrogen and oxygen atoms in total. The van der Waals surface area contributed by atoms with Gasteiger partial charge < -0.3 is 9.84 Å². The van der Waals surface area contributed by atoms with Crippen LogP contribution in [0.5, 0.6) is 0 Å². The van der Waals surface area contributed by atoms with Gasteiger partial charge in [-0.2, -0.15) is 0 Å². The van der Waals surface area contributed by atoms with Gasteiger partial charge in [-0.05, 0) is 122 Å². The van der Waals surface area contributed by atoms with Crippen molar-refractivity contribution < 1.29 is 9.84 Å². The lowest BCUT2D eigenvalue weighted by molar-refractivity contribution is -0.277. The lowest BCUT2D eigenvalue weighted by Gasteiger charge is -2.74. The molecule has 0 spiro atoms. The summed E-state index contributed by atoms with van der Waals surface area (Å²) < 4.78 is 6.61. The molecule has 5 saturated carbocycles. The monoisotopic (exact) mass is 442 g/mol. The van der Waals surface area contributed by atoms with E-state index in [0.29, 0.717) is 33.0 Å². The van der Waals surface area contributed by atoms with Crippen molar-refractivity contribution in [2.75, 3.05) is 13.2 Å². The summed E-state index contributed by atoms with van der Waals surface area (Å²) in [5.41, 5.74) is 2.08. The third-order valence-corrected chi connectivity index (χ3v) is 14.2. The Morgan fingerprint density at radius 3 is 2.09 bits per heavy atom. The molecule has 32 heavy (non-hydrogen) atoms. The third-order valence-electron chi connectivity index (χ3n) is 14.2. The Morgan fingerprint density at radius 2 is 1.34 bits per heavy atom. The fourth-order valence-corrected chi connectivity index (χ4v) is 12.6. The molecule has 1 N–H and O–H groups in total. The van der Waals surface area contributed by atoms with Gasteiger partial charge in [-0.15, -0.1) is 0 Å². The topological polar surface area (TPSA) is 29.5 Å². The molecule has 1 heterocycles. The van der Waals surface area contributed by atoms with Gasteiger partial charge in [0.05, 0.1) is 18.8 Å². The number of rotatable bonds is 1. The zero-order valence-electron chi connectivity index (χ0n) is 21.9. The van der Waals surface area contributed by atoms with Crippen LogP contribution in [0.4, 0.5) is 0 Å². The van der Waals surface area contributed by atoms with E-state index in [1.54, 1.807) is 0 Å². The Labute approximate surface area is 197 Å². The number of aliphatic hydroxyl groups excluding tert-OH is 1. The number of ether oxygens (including phenoxy) is 1. The zero-order chi connectivity index (χ0) is 22.8. The molecule has 0 aromatic carbocycles. The fraction of sp³-hybridized carbons (Fsp3) is 1.00. The van der Waals surface area contributed by atoms with E-state index in [-0.39, 0.29) is 12.2 Å². The molecule has 6 rings (SSSR count). The Hall–Kier alpha value is -0.0800. The van der Waals surface area contributed by atoms with Crippen molar-refractivity contribution in [3.05, 3.63) is 0 Å². The van der Waals surface area contributed by atoms with Gasteiger partial charge in [-0.1, -0.05) is 41.0 Å². The molecule has 10 atom stereocenters. The predicted molar refractivity (Wildman–Crippen MR) is 130 cm³/mol. The van der Waals surface area contributed by atoms with Crippen LogP contribution in [0.15, 0.2) is 0 Å². The molecule has 5 aliphatic carbocycles. The van der Waals surface area contributed by atoms with Gasteiger partial charge in [0.25, 0.3) is 0 Å². The summed E-state index contributed by atoms with van der Waals surface area (Å²) in [6, 6.07) is 0. The molecular formula is C30H50O2. The van der Waals surface area contributed by atoms with Gasteiger partial charge in [-0.25, -0.2) is 0 Å². The Kier molecular flexibility index (Phi) is 4.59. The molecule has 1 unspecified atom stereocenters. The summed E-state index contributed by atoms with van der Waals surface area (Å²) in [6.07, 6.45) is 15.6. The Morgan fingerprint density at radius 1 is 0.688 bits per heavy atom. The van der Waals surface area contributed by atoms with Crippen molar-refractivity contribution in [3.63, 3.8) is 0 Å². The minimum atomic E-state index is -0.293. The van der Waals surface area contributed by atoms with E-state index in [0.717, 1.165) is 30.3 Å². The van der Waals surface area contributed by atoms with Gasteiger partial charge in [-0.3, -0.25) is 0 Å². The van der Waals surface area contributed by atoms with E-state index in [4.69, 9.17) is 4.74 Å². The van der Waals surface area contributed by atoms with Crippen molar-refractivity contribution in [2.24, 2.45) is 56.7 Å². The van der Waals surface area contributed by atoms with Gasteiger partial charge in [0.1, 0.15) is 0 Å². The summed E-state index contributed by atoms with van der Waals surface area (Å²) in [6.45, 7) is 16.7. The molecule has 0 aromatic heterocycles. The van der Waals surface area contributed by atoms with Crippen molar-refractivity contribution in [1.29, 1.82) is 0 Å². The average Bonchev–Trinajstić information content (AvgIpc) is 3.05. The second-order valence-electron chi connectivity index (χ2n) is 15.2. The first-order valence-electron chi connectivity index (χ1n) is 14.2. The third kappa shape index (κ3) is 2.41. The molecular weight excluding hydrogens is 392 g/mol. The van der Waals surface area contributed by atoms with Crippen molar-refractivity contribution >= 4 is 0 Å². The van der Waals surface area contributed by atoms with E-state index >= 15 is 0 Å². The van der Waals surface area contributed by atoms with Crippen LogP contribution in [0.25, 0.3) is 0 Å². The maximum Gasteiger partial charge on any atom is 0.0915 e. The Bertz CT molecular complexity index is 790. The standard InChI is InChI=1S/C30H50O2/c1-25(2)13-7-14-26(3)22(25)12-16-27(4)23(26)8-9-24-28(27,5)15-10-21-20-11-17-30(21,24)19-32-29(20,6)18-31/h20-24,31H,7-19H2,1-6H3/t20-,21-,22-,23+,24-,26-,27+,28+,29?,30+/m0/s1. The van der Waals surface area contributed by atoms with Crippen molar-refractivity contribution in [2.45, 2.75) is 118 Å². The van der Waals surface area contributed by atoms with Crippen LogP contribution in [0.2, 0.25) is 0 Å². The lowest BCUT2D eigenvalue weighted by Crippen LogP contribution is -2.68. The van der Waals surface area contributed by atoms with E-state index < -0.39 is 0 Å². The number of hydrogen-bond donors (Lipinski definition) is 1. The quantitative estimate of drug-likeness (QED) is 0.464. The van der Waals surface area contributed by atoms with Gasteiger partial charge >= 0.3 is 0 Å². The summed E-state index contributed by atoms with van der Waals surface area (Å²) in [7, 11) is 0. The average molecular weight is 443 g/mol. The van der Waals surface area contributed by atoms with Crippen LogP contribution in [0.1, 0.15) is 112 Å². The highest BCUT2D eigenvalue weighted by Crippen LogP contribution is 2.78. The number of hydrogen-bond acceptors (Lipinski definition) is 2. The normalized spacial score (nSPS) is 60.7. The predicted octanol–water partition coefficient (Wildman–Crippen LogP) is 7.24. The SMILES string of the molecule is CC1(C)CCC[C@]2(C)[C@H]3CC[C@@H]4[C@@]56CC[C@@H]([C@@H]5CC[C@@]4(C)[C@]3(C)CC[C@@H]12)C(C)(CO)OC6. The second-order valence-corrected chi connectivity index (χ2v) is 15.2. The maximum absolute atomic E-state index is 10.2. The van der Waals surface area contributed by atoms with Crippen molar-refractivity contribution in [1.82, 2.24) is 0 Å². The van der Waals surface area contributed by atoms with Crippen LogP contribution in [-0.4, -0.2) is 23.9 Å². The first-order valence-corrected chi connectivity index (χ1v) is 14.2. The van der Waals surface area contributed by atoms with Gasteiger partial charge in [0, 0.05) is 5.41 Å². The van der Waals surface area contributed by atoms with Gasteiger partial charge in [0.15, 0.2) is 0 Å². The summed E-state index contributed by atoms with van der Waals surface area (Å²) in [5, 5.41) is 10.2. The van der Waals surface area contributed by atoms with Crippen LogP contribution in [-0.2, 0) is 4.74 Å². The molecule has 6 fully saturated rings. The highest BCUT2D eigenvalue weighted by atomic mass is 16.5. The molecule has 0 aromatic rings. The van der Waals surface area contributed by atoms with E-state index in [1.807, 2.05) is 0 Å². The maximum atomic E-state index is 10.2. The van der Waals surface area contributed by atoms with E-state index in [9.17, 15) is 5.11 Å². The minimum absolute atomic E-state index is 0.196. The van der Waals surface area contributed by atoms with E-state index in [2.05, 4.69) is 41.5 Å². The van der Waals surface area contributed by atoms with Crippen LogP contribution >= 0.6 is 0 Å². The molecule has 2 heteroatoms. The van der Waals surface area contributed by atoms with Crippen molar-refractivity contribution in [3.8, 4) is 0 Å². The molecule has 2 bridgehead atoms. The molecule has 1 saturated heterocycles. The first-order chi connectivity index (χ1) is 15.0. The summed E-state index contributed by atoms with van der Waals surface area (Å²) >= 11 is 0. The van der Waals surface area contributed by atoms with Crippen LogP contribution in [0, 0.1) is 56.7 Å². The fourth-order valence-electron chi connectivity index (χ4n) is 12.6. The summed E-state index contributed by atoms with van der Waals surface area (Å²) in [4.78, 5) is 0. The largest absolute Gasteiger partial charge is 0.393 e. The molecule has 6 aliphatic rings. The highest BCUT2D eigenvalue weighted by molar-refractivity contribution is 5.21. The summed E-state index contributed by atoms with van der Waals surface area (Å²) in [5.74, 6) is 3.98. The number of aliphatic hydroxyl groups is 1.